The molecule has 53 heavy (non-hydrogen) atoms. The molecule has 4 fully saturated rings. The van der Waals surface area contributed by atoms with E-state index in [4.69, 9.17) is 14.5 Å². The maximum atomic E-state index is 13.3. The van der Waals surface area contributed by atoms with Gasteiger partial charge < -0.3 is 14.8 Å². The highest BCUT2D eigenvalue weighted by molar-refractivity contribution is 7.19. The van der Waals surface area contributed by atoms with Crippen molar-refractivity contribution >= 4 is 39.7 Å². The molecule has 2 aromatic carbocycles. The Morgan fingerprint density at radius 1 is 0.830 bits per heavy atom. The highest BCUT2D eigenvalue weighted by Gasteiger charge is 2.41. The van der Waals surface area contributed by atoms with Gasteiger partial charge in [0, 0.05) is 17.5 Å². The van der Waals surface area contributed by atoms with E-state index in [2.05, 4.69) is 31.0 Å². The second-order valence-corrected chi connectivity index (χ2v) is 17.6. The molecule has 4 aliphatic carbocycles. The van der Waals surface area contributed by atoms with E-state index in [1.54, 1.807) is 6.07 Å². The van der Waals surface area contributed by atoms with Crippen molar-refractivity contribution in [3.8, 4) is 23.3 Å². The number of hydrogen-bond acceptors (Lipinski definition) is 7. The molecule has 3 aromatic rings. The molecular formula is C45H56N2O5S. The summed E-state index contributed by atoms with van der Waals surface area (Å²) in [6, 6.07) is 13.7. The van der Waals surface area contributed by atoms with Crippen molar-refractivity contribution in [2.24, 2.45) is 35.5 Å². The predicted octanol–water partition coefficient (Wildman–Crippen LogP) is 9.83. The number of thiazole rings is 1. The van der Waals surface area contributed by atoms with Gasteiger partial charge in [-0.15, -0.1) is 11.3 Å². The summed E-state index contributed by atoms with van der Waals surface area (Å²) in [4.78, 5) is 44.0. The fourth-order valence-electron chi connectivity index (χ4n) is 9.46. The minimum atomic E-state index is -0.929. The smallest absolute Gasteiger partial charge is 0.314 e. The van der Waals surface area contributed by atoms with Crippen LogP contribution in [0.5, 0.6) is 11.5 Å². The summed E-state index contributed by atoms with van der Waals surface area (Å²) >= 11 is 1.39. The van der Waals surface area contributed by atoms with Crippen molar-refractivity contribution in [2.75, 3.05) is 0 Å². The number of benzene rings is 2. The summed E-state index contributed by atoms with van der Waals surface area (Å²) in [6.07, 6.45) is 18.0. The normalized spacial score (nSPS) is 30.4. The predicted molar refractivity (Wildman–Crippen MR) is 210 cm³/mol. The fraction of sp³-hybridized carbons (Fsp3) is 0.600. The standard InChI is InChI=1S/C45H56N2O5S/c1-3-31-11-16-35(17-12-31)43(49)46-37-20-18-33(19-21-37)34-25-27-45(29-48,28-26-34)52-38-22-23-39(51-44(50)36-14-9-30(2)10-15-36)42-41(38)47-40(53-42)24-13-32-7-5-4-6-8-32/h4-8,22-23,29-31,33-37H,3,9-12,14-21,25-28H2,1-2H3,(H,46,49). The Balaban J connectivity index is 0.998. The molecule has 0 saturated heterocycles. The summed E-state index contributed by atoms with van der Waals surface area (Å²) in [5.74, 6) is 10.2. The maximum absolute atomic E-state index is 13.3. The van der Waals surface area contributed by atoms with E-state index in [-0.39, 0.29) is 23.7 Å². The lowest BCUT2D eigenvalue weighted by atomic mass is 9.69. The number of nitrogens with zero attached hydrogens (tertiary/aromatic N) is 1. The number of aldehydes is 1. The minimum absolute atomic E-state index is 0.0971. The van der Waals surface area contributed by atoms with Crippen molar-refractivity contribution in [2.45, 2.75) is 135 Å². The zero-order valence-corrected chi connectivity index (χ0v) is 32.4. The average Bonchev–Trinajstić information content (AvgIpc) is 3.64. The number of aromatic nitrogens is 1. The fourth-order valence-corrected chi connectivity index (χ4v) is 10.3. The number of esters is 1. The van der Waals surface area contributed by atoms with Gasteiger partial charge in [-0.1, -0.05) is 44.4 Å². The molecule has 282 valence electrons. The van der Waals surface area contributed by atoms with Crippen LogP contribution in [0, 0.1) is 47.3 Å². The first kappa shape index (κ1) is 37.6. The number of hydrogen-bond donors (Lipinski definition) is 1. The van der Waals surface area contributed by atoms with Crippen LogP contribution in [0.3, 0.4) is 0 Å². The van der Waals surface area contributed by atoms with Crippen LogP contribution >= 0.6 is 11.3 Å². The molecule has 0 radical (unpaired) electrons. The maximum Gasteiger partial charge on any atom is 0.314 e. The molecule has 4 saturated carbocycles. The number of carbonyl (C=O) groups is 3. The van der Waals surface area contributed by atoms with Gasteiger partial charge in [0.25, 0.3) is 0 Å². The van der Waals surface area contributed by atoms with E-state index in [0.29, 0.717) is 63.4 Å². The number of nitrogens with one attached hydrogen (secondary N) is 1. The lowest BCUT2D eigenvalue weighted by Gasteiger charge is -2.41. The highest BCUT2D eigenvalue weighted by Crippen LogP contribution is 2.45. The first-order valence-corrected chi connectivity index (χ1v) is 21.3. The summed E-state index contributed by atoms with van der Waals surface area (Å²) < 4.78 is 13.4. The molecule has 1 heterocycles. The molecule has 1 amide bonds. The zero-order valence-electron chi connectivity index (χ0n) is 31.6. The molecule has 1 N–H and O–H groups in total. The monoisotopic (exact) mass is 736 g/mol. The number of carbonyl (C=O) groups excluding carboxylic acids is 3. The Bertz CT molecular complexity index is 1780. The molecule has 8 heteroatoms. The van der Waals surface area contributed by atoms with Crippen LogP contribution in [0.2, 0.25) is 0 Å². The molecule has 0 unspecified atom stereocenters. The lowest BCUT2D eigenvalue weighted by Crippen LogP contribution is -2.45. The van der Waals surface area contributed by atoms with Gasteiger partial charge in [0.1, 0.15) is 16.0 Å². The lowest BCUT2D eigenvalue weighted by molar-refractivity contribution is -0.140. The van der Waals surface area contributed by atoms with Gasteiger partial charge >= 0.3 is 5.97 Å². The van der Waals surface area contributed by atoms with Gasteiger partial charge in [-0.3, -0.25) is 14.4 Å². The van der Waals surface area contributed by atoms with Crippen molar-refractivity contribution in [3.63, 3.8) is 0 Å². The van der Waals surface area contributed by atoms with Crippen molar-refractivity contribution in [1.29, 1.82) is 0 Å². The Hall–Kier alpha value is -3.70. The summed E-state index contributed by atoms with van der Waals surface area (Å²) in [5, 5.41) is 4.01. The SMILES string of the molecule is CCC1CCC(C(=O)NC2CCC(C3CCC(C=O)(Oc4ccc(OC(=O)C5CCC(C)CC5)c5sc(C#Cc6ccccc6)nc45)CC3)CC2)CC1. The Labute approximate surface area is 319 Å². The molecular weight excluding hydrogens is 681 g/mol. The number of amides is 1. The van der Waals surface area contributed by atoms with E-state index in [0.717, 1.165) is 94.8 Å². The van der Waals surface area contributed by atoms with Gasteiger partial charge in [-0.25, -0.2) is 4.98 Å². The summed E-state index contributed by atoms with van der Waals surface area (Å²) in [7, 11) is 0. The Kier molecular flexibility index (Phi) is 12.2. The third-order valence-corrected chi connectivity index (χ3v) is 14.1. The number of rotatable bonds is 9. The summed E-state index contributed by atoms with van der Waals surface area (Å²) in [5.41, 5.74) is 0.542. The van der Waals surface area contributed by atoms with Gasteiger partial charge in [0.05, 0.1) is 5.92 Å². The Morgan fingerprint density at radius 2 is 1.49 bits per heavy atom. The minimum Gasteiger partial charge on any atom is -0.477 e. The van der Waals surface area contributed by atoms with Gasteiger partial charge in [0.2, 0.25) is 5.91 Å². The van der Waals surface area contributed by atoms with Crippen LogP contribution in [-0.4, -0.2) is 34.8 Å². The molecule has 1 aromatic heterocycles. The van der Waals surface area contributed by atoms with Crippen molar-refractivity contribution < 1.29 is 23.9 Å². The average molecular weight is 737 g/mol. The van der Waals surface area contributed by atoms with Crippen molar-refractivity contribution in [1.82, 2.24) is 10.3 Å². The van der Waals surface area contributed by atoms with Gasteiger partial charge in [-0.05, 0) is 157 Å². The van der Waals surface area contributed by atoms with Crippen LogP contribution in [0.25, 0.3) is 10.2 Å². The van der Waals surface area contributed by atoms with Crippen LogP contribution in [-0.2, 0) is 14.4 Å². The molecule has 0 aliphatic heterocycles. The second kappa shape index (κ2) is 17.2. The second-order valence-electron chi connectivity index (χ2n) is 16.6. The zero-order chi connectivity index (χ0) is 36.8. The molecule has 4 aliphatic rings. The number of fused-ring (bicyclic) bond motifs is 1. The van der Waals surface area contributed by atoms with E-state index >= 15 is 0 Å². The molecule has 0 bridgehead atoms. The topological polar surface area (TPSA) is 94.6 Å². The van der Waals surface area contributed by atoms with Gasteiger partial charge in [-0.2, -0.15) is 0 Å². The quantitative estimate of drug-likeness (QED) is 0.102. The summed E-state index contributed by atoms with van der Waals surface area (Å²) in [6.45, 7) is 4.50. The Morgan fingerprint density at radius 3 is 2.17 bits per heavy atom. The van der Waals surface area contributed by atoms with E-state index in [1.807, 2.05) is 36.4 Å². The molecule has 7 rings (SSSR count). The van der Waals surface area contributed by atoms with Crippen LogP contribution in [0.4, 0.5) is 0 Å². The van der Waals surface area contributed by atoms with Crippen molar-refractivity contribution in [3.05, 3.63) is 53.0 Å². The first-order valence-electron chi connectivity index (χ1n) is 20.5. The first-order chi connectivity index (χ1) is 25.8. The number of ether oxygens (including phenoxy) is 2. The van der Waals surface area contributed by atoms with E-state index < -0.39 is 5.60 Å². The largest absolute Gasteiger partial charge is 0.477 e. The molecule has 7 nitrogen and oxygen atoms in total. The van der Waals surface area contributed by atoms with Crippen LogP contribution in [0.1, 0.15) is 134 Å². The molecule has 0 atom stereocenters. The van der Waals surface area contributed by atoms with Gasteiger partial charge in [0.15, 0.2) is 22.6 Å². The van der Waals surface area contributed by atoms with Crippen LogP contribution < -0.4 is 14.8 Å². The van der Waals surface area contributed by atoms with E-state index in [9.17, 15) is 14.4 Å². The third-order valence-electron chi connectivity index (χ3n) is 13.1. The van der Waals surface area contributed by atoms with Crippen LogP contribution in [0.15, 0.2) is 42.5 Å². The molecule has 0 spiro atoms. The van der Waals surface area contributed by atoms with E-state index in [1.165, 1.54) is 30.6 Å². The highest BCUT2D eigenvalue weighted by atomic mass is 32.1. The third kappa shape index (κ3) is 9.16.